The summed E-state index contributed by atoms with van der Waals surface area (Å²) in [7, 11) is 0. The van der Waals surface area contributed by atoms with E-state index in [2.05, 4.69) is 10.1 Å². The summed E-state index contributed by atoms with van der Waals surface area (Å²) in [5.41, 5.74) is 8.71. The third-order valence-electron chi connectivity index (χ3n) is 7.07. The van der Waals surface area contributed by atoms with Gasteiger partial charge in [-0.1, -0.05) is 67.5 Å². The van der Waals surface area contributed by atoms with E-state index in [4.69, 9.17) is 24.7 Å². The molecule has 0 saturated carbocycles. The highest BCUT2D eigenvalue weighted by atomic mass is 16.5. The largest absolute Gasteiger partial charge is 0.378 e. The van der Waals surface area contributed by atoms with Gasteiger partial charge in [0.15, 0.2) is 11.7 Å². The predicted molar refractivity (Wildman–Crippen MR) is 148 cm³/mol. The molecule has 1 aromatic heterocycles. The van der Waals surface area contributed by atoms with Crippen LogP contribution >= 0.6 is 0 Å². The molecular weight excluding hydrogens is 496 g/mol. The summed E-state index contributed by atoms with van der Waals surface area (Å²) in [4.78, 5) is 26.4. The minimum absolute atomic E-state index is 0.0236. The van der Waals surface area contributed by atoms with Crippen molar-refractivity contribution in [3.63, 3.8) is 0 Å². The summed E-state index contributed by atoms with van der Waals surface area (Å²) < 4.78 is 16.6. The van der Waals surface area contributed by atoms with Gasteiger partial charge in [0.1, 0.15) is 0 Å². The first-order chi connectivity index (χ1) is 18.9. The number of ether oxygens (including phenoxy) is 2. The molecule has 3 heterocycles. The Balaban J connectivity index is 1.41. The number of guanidine groups is 2. The van der Waals surface area contributed by atoms with Crippen LogP contribution in [0, 0.1) is 0 Å². The van der Waals surface area contributed by atoms with Crippen molar-refractivity contribution in [3.05, 3.63) is 83.0 Å². The molecule has 0 aliphatic carbocycles. The zero-order valence-corrected chi connectivity index (χ0v) is 22.4. The lowest BCUT2D eigenvalue weighted by atomic mass is 9.80. The Bertz CT molecular complexity index is 1340. The summed E-state index contributed by atoms with van der Waals surface area (Å²) in [5, 5.41) is 4.35. The summed E-state index contributed by atoms with van der Waals surface area (Å²) in [6.07, 6.45) is 0. The van der Waals surface area contributed by atoms with Crippen LogP contribution in [0.5, 0.6) is 0 Å². The fraction of sp³-hybridized carbons (Fsp3) is 0.379. The third-order valence-corrected chi connectivity index (χ3v) is 7.07. The molecule has 2 N–H and O–H groups in total. The van der Waals surface area contributed by atoms with Crippen molar-refractivity contribution in [2.75, 3.05) is 52.6 Å². The van der Waals surface area contributed by atoms with Crippen molar-refractivity contribution >= 4 is 23.6 Å². The molecule has 0 radical (unpaired) electrons. The number of carbonyl (C=O) groups excluding carboxylic acids is 1. The van der Waals surface area contributed by atoms with Gasteiger partial charge in [0.25, 0.3) is 5.88 Å². The molecule has 3 aromatic rings. The van der Waals surface area contributed by atoms with Crippen LogP contribution in [0.3, 0.4) is 0 Å². The van der Waals surface area contributed by atoms with Gasteiger partial charge in [0, 0.05) is 48.8 Å². The van der Waals surface area contributed by atoms with Gasteiger partial charge in [0.05, 0.1) is 32.1 Å². The molecule has 0 unspecified atom stereocenters. The zero-order chi connectivity index (χ0) is 27.2. The Morgan fingerprint density at radius 1 is 0.872 bits per heavy atom. The number of aliphatic imine (C=N–C) groups is 2. The number of ketones is 1. The van der Waals surface area contributed by atoms with Crippen LogP contribution in [0.1, 0.15) is 41.0 Å². The average molecular weight is 531 g/mol. The molecular formula is C29H34N6O4. The fourth-order valence-electron chi connectivity index (χ4n) is 4.56. The molecule has 2 aromatic carbocycles. The van der Waals surface area contributed by atoms with Crippen LogP contribution in [0.25, 0.3) is 0 Å². The van der Waals surface area contributed by atoms with Crippen molar-refractivity contribution in [2.24, 2.45) is 15.7 Å². The van der Waals surface area contributed by atoms with Crippen molar-refractivity contribution in [3.8, 4) is 0 Å². The van der Waals surface area contributed by atoms with E-state index in [0.717, 1.165) is 5.56 Å². The number of nitrogens with zero attached hydrogens (tertiary/aromatic N) is 5. The first-order valence-corrected chi connectivity index (χ1v) is 13.2. The second-order valence-electron chi connectivity index (χ2n) is 10.0. The molecule has 10 nitrogen and oxygen atoms in total. The van der Waals surface area contributed by atoms with Crippen LogP contribution in [-0.4, -0.2) is 85.3 Å². The second-order valence-corrected chi connectivity index (χ2v) is 10.0. The molecule has 0 atom stereocenters. The SMILES string of the molecule is CC(C)(c1cccc(C(=O)c2ccccc2)c1)c1cc(N=C(N=C(N)N2CCOCC2)N2CCOCC2)on1. The molecule has 204 valence electrons. The van der Waals surface area contributed by atoms with E-state index in [1.807, 2.05) is 84.3 Å². The molecule has 39 heavy (non-hydrogen) atoms. The minimum Gasteiger partial charge on any atom is -0.378 e. The molecule has 2 fully saturated rings. The van der Waals surface area contributed by atoms with E-state index in [1.165, 1.54) is 0 Å². The van der Waals surface area contributed by atoms with Gasteiger partial charge < -0.3 is 29.5 Å². The lowest BCUT2D eigenvalue weighted by molar-refractivity contribution is 0.0657. The summed E-state index contributed by atoms with van der Waals surface area (Å²) in [6.45, 7) is 9.12. The van der Waals surface area contributed by atoms with Gasteiger partial charge in [0.2, 0.25) is 5.96 Å². The maximum Gasteiger partial charge on any atom is 0.253 e. The van der Waals surface area contributed by atoms with Crippen LogP contribution in [0.4, 0.5) is 5.88 Å². The topological polar surface area (TPSA) is 119 Å². The molecule has 0 amide bonds. The monoisotopic (exact) mass is 530 g/mol. The van der Waals surface area contributed by atoms with E-state index < -0.39 is 5.41 Å². The van der Waals surface area contributed by atoms with Crippen molar-refractivity contribution in [2.45, 2.75) is 19.3 Å². The van der Waals surface area contributed by atoms with Crippen molar-refractivity contribution < 1.29 is 18.8 Å². The van der Waals surface area contributed by atoms with E-state index in [-0.39, 0.29) is 5.78 Å². The van der Waals surface area contributed by atoms with Crippen LogP contribution < -0.4 is 5.73 Å². The Hall–Kier alpha value is -4.02. The Labute approximate surface area is 228 Å². The molecule has 0 spiro atoms. The highest BCUT2D eigenvalue weighted by molar-refractivity contribution is 6.09. The first kappa shape index (κ1) is 26.6. The number of morpholine rings is 2. The van der Waals surface area contributed by atoms with Gasteiger partial charge in [-0.05, 0) is 11.6 Å². The average Bonchev–Trinajstić information content (AvgIpc) is 3.47. The number of hydrogen-bond acceptors (Lipinski definition) is 6. The molecule has 5 rings (SSSR count). The lowest BCUT2D eigenvalue weighted by Gasteiger charge is -2.30. The Kier molecular flexibility index (Phi) is 8.04. The molecule has 10 heteroatoms. The van der Waals surface area contributed by atoms with E-state index in [1.54, 1.807) is 0 Å². The quantitative estimate of drug-likeness (QED) is 0.304. The van der Waals surface area contributed by atoms with Crippen molar-refractivity contribution in [1.29, 1.82) is 0 Å². The second kappa shape index (κ2) is 11.8. The van der Waals surface area contributed by atoms with Crippen LogP contribution in [0.2, 0.25) is 0 Å². The molecule has 0 bridgehead atoms. The minimum atomic E-state index is -0.542. The highest BCUT2D eigenvalue weighted by Crippen LogP contribution is 2.33. The van der Waals surface area contributed by atoms with E-state index in [0.29, 0.717) is 87.2 Å². The number of hydrogen-bond donors (Lipinski definition) is 1. The summed E-state index contributed by atoms with van der Waals surface area (Å²) >= 11 is 0. The zero-order valence-electron chi connectivity index (χ0n) is 22.4. The summed E-state index contributed by atoms with van der Waals surface area (Å²) in [5.74, 6) is 1.15. The smallest absolute Gasteiger partial charge is 0.253 e. The number of benzene rings is 2. The maximum atomic E-state index is 13.0. The van der Waals surface area contributed by atoms with E-state index >= 15 is 0 Å². The third kappa shape index (κ3) is 6.18. The van der Waals surface area contributed by atoms with Gasteiger partial charge in [-0.3, -0.25) is 4.79 Å². The van der Waals surface area contributed by atoms with E-state index in [9.17, 15) is 4.79 Å². The van der Waals surface area contributed by atoms with Gasteiger partial charge in [-0.2, -0.15) is 9.98 Å². The molecule has 2 saturated heterocycles. The first-order valence-electron chi connectivity index (χ1n) is 13.2. The lowest BCUT2D eigenvalue weighted by Crippen LogP contribution is -2.47. The number of aromatic nitrogens is 1. The number of rotatable bonds is 5. The molecule has 2 aliphatic heterocycles. The fourth-order valence-corrected chi connectivity index (χ4v) is 4.56. The normalized spacial score (nSPS) is 17.4. The Morgan fingerprint density at radius 3 is 2.21 bits per heavy atom. The number of nitrogens with two attached hydrogens (primary N) is 1. The highest BCUT2D eigenvalue weighted by Gasteiger charge is 2.29. The van der Waals surface area contributed by atoms with Gasteiger partial charge in [-0.15, -0.1) is 0 Å². The van der Waals surface area contributed by atoms with Crippen LogP contribution in [-0.2, 0) is 14.9 Å². The predicted octanol–water partition coefficient (Wildman–Crippen LogP) is 3.20. The van der Waals surface area contributed by atoms with Crippen molar-refractivity contribution in [1.82, 2.24) is 15.0 Å². The summed E-state index contributed by atoms with van der Waals surface area (Å²) in [6, 6.07) is 18.7. The molecule has 2 aliphatic rings. The van der Waals surface area contributed by atoms with Gasteiger partial charge >= 0.3 is 0 Å². The Morgan fingerprint density at radius 2 is 1.51 bits per heavy atom. The standard InChI is InChI=1S/C29H34N6O4/c1-29(2,23-10-6-9-22(19-23)26(36)21-7-4-3-5-8-21)24-20-25(39-33-24)31-28(35-13-17-38-18-14-35)32-27(30)34-11-15-37-16-12-34/h3-10,19-20H,11-18H2,1-2H3,(H2,30,31,32). The van der Waals surface area contributed by atoms with Gasteiger partial charge in [-0.25, -0.2) is 0 Å². The van der Waals surface area contributed by atoms with Crippen LogP contribution in [0.15, 0.2) is 75.2 Å². The maximum absolute atomic E-state index is 13.0. The number of carbonyl (C=O) groups is 1.